The Kier molecular flexibility index (Phi) is 5.33. The van der Waals surface area contributed by atoms with E-state index in [0.29, 0.717) is 23.2 Å². The van der Waals surface area contributed by atoms with Gasteiger partial charge in [-0.15, -0.1) is 0 Å². The Morgan fingerprint density at radius 3 is 2.24 bits per heavy atom. The number of halogens is 1. The van der Waals surface area contributed by atoms with Gasteiger partial charge in [0.2, 0.25) is 5.95 Å². The van der Waals surface area contributed by atoms with Gasteiger partial charge in [0.25, 0.3) is 0 Å². The lowest BCUT2D eigenvalue weighted by atomic mass is 10.2. The van der Waals surface area contributed by atoms with Gasteiger partial charge in [-0.05, 0) is 43.3 Å². The van der Waals surface area contributed by atoms with E-state index in [4.69, 9.17) is 4.74 Å². The molecule has 0 saturated carbocycles. The number of benzene rings is 3. The summed E-state index contributed by atoms with van der Waals surface area (Å²) in [6, 6.07) is 25.4. The highest BCUT2D eigenvalue weighted by molar-refractivity contribution is 5.66. The predicted molar refractivity (Wildman–Crippen MR) is 113 cm³/mol. The first-order valence-corrected chi connectivity index (χ1v) is 9.13. The molecule has 0 atom stereocenters. The van der Waals surface area contributed by atoms with Crippen LogP contribution >= 0.6 is 0 Å². The van der Waals surface area contributed by atoms with Crippen molar-refractivity contribution in [1.29, 1.82) is 0 Å². The third-order valence-electron chi connectivity index (χ3n) is 4.10. The zero-order valence-electron chi connectivity index (χ0n) is 15.8. The van der Waals surface area contributed by atoms with Crippen LogP contribution in [0.1, 0.15) is 5.69 Å². The van der Waals surface area contributed by atoms with Crippen LogP contribution in [0, 0.1) is 12.7 Å². The number of ether oxygens (including phenoxy) is 1. The quantitative estimate of drug-likeness (QED) is 0.413. The highest BCUT2D eigenvalue weighted by Crippen LogP contribution is 2.31. The Hall–Kier alpha value is -3.93. The molecule has 1 aromatic heterocycles. The van der Waals surface area contributed by atoms with Crippen LogP contribution in [0.5, 0.6) is 11.5 Å². The molecule has 0 amide bonds. The molecule has 6 heteroatoms. The van der Waals surface area contributed by atoms with Crippen molar-refractivity contribution in [2.45, 2.75) is 6.92 Å². The Morgan fingerprint density at radius 1 is 0.759 bits per heavy atom. The van der Waals surface area contributed by atoms with Gasteiger partial charge in [0, 0.05) is 11.8 Å². The molecule has 0 unspecified atom stereocenters. The second kappa shape index (κ2) is 8.39. The number of hydrogen-bond acceptors (Lipinski definition) is 5. The van der Waals surface area contributed by atoms with E-state index in [9.17, 15) is 4.39 Å². The van der Waals surface area contributed by atoms with Crippen LogP contribution in [-0.4, -0.2) is 9.97 Å². The number of anilines is 4. The molecule has 0 saturated heterocycles. The molecule has 0 spiro atoms. The summed E-state index contributed by atoms with van der Waals surface area (Å²) in [5, 5.41) is 6.19. The Bertz CT molecular complexity index is 1120. The Balaban J connectivity index is 1.59. The summed E-state index contributed by atoms with van der Waals surface area (Å²) in [4.78, 5) is 8.80. The lowest BCUT2D eigenvalue weighted by Crippen LogP contribution is -2.04. The van der Waals surface area contributed by atoms with Gasteiger partial charge in [-0.25, -0.2) is 9.37 Å². The molecule has 29 heavy (non-hydrogen) atoms. The van der Waals surface area contributed by atoms with E-state index in [-0.39, 0.29) is 5.82 Å². The molecule has 2 N–H and O–H groups in total. The number of hydrogen-bond donors (Lipinski definition) is 2. The van der Waals surface area contributed by atoms with Crippen LogP contribution < -0.4 is 15.4 Å². The van der Waals surface area contributed by atoms with Crippen molar-refractivity contribution in [1.82, 2.24) is 9.97 Å². The zero-order valence-corrected chi connectivity index (χ0v) is 15.8. The molecule has 5 nitrogen and oxygen atoms in total. The summed E-state index contributed by atoms with van der Waals surface area (Å²) in [6.45, 7) is 1.85. The van der Waals surface area contributed by atoms with Crippen LogP contribution in [0.25, 0.3) is 0 Å². The fourth-order valence-electron chi connectivity index (χ4n) is 2.78. The number of rotatable bonds is 6. The van der Waals surface area contributed by atoms with Crippen molar-refractivity contribution in [3.63, 3.8) is 0 Å². The number of para-hydroxylation sites is 4. The molecule has 144 valence electrons. The minimum atomic E-state index is -0.367. The maximum atomic E-state index is 13.9. The van der Waals surface area contributed by atoms with Gasteiger partial charge >= 0.3 is 0 Å². The van der Waals surface area contributed by atoms with E-state index in [2.05, 4.69) is 20.6 Å². The number of nitrogens with zero attached hydrogens (tertiary/aromatic N) is 2. The van der Waals surface area contributed by atoms with E-state index in [0.717, 1.165) is 17.1 Å². The molecule has 0 aliphatic rings. The average Bonchev–Trinajstić information content (AvgIpc) is 2.72. The minimum Gasteiger partial charge on any atom is -0.455 e. The molecule has 1 heterocycles. The number of aromatic nitrogens is 2. The molecular formula is C23H19FN4O. The van der Waals surface area contributed by atoms with Gasteiger partial charge in [0.15, 0.2) is 5.75 Å². The summed E-state index contributed by atoms with van der Waals surface area (Å²) < 4.78 is 19.9. The van der Waals surface area contributed by atoms with E-state index in [1.807, 2.05) is 67.6 Å². The van der Waals surface area contributed by atoms with Crippen molar-refractivity contribution < 1.29 is 9.13 Å². The second-order valence-corrected chi connectivity index (χ2v) is 6.36. The van der Waals surface area contributed by atoms with Crippen LogP contribution in [-0.2, 0) is 0 Å². The van der Waals surface area contributed by atoms with Crippen LogP contribution in [0.2, 0.25) is 0 Å². The lowest BCUT2D eigenvalue weighted by Gasteiger charge is -2.14. The van der Waals surface area contributed by atoms with Gasteiger partial charge in [-0.2, -0.15) is 4.98 Å². The highest BCUT2D eigenvalue weighted by atomic mass is 19.1. The van der Waals surface area contributed by atoms with Crippen molar-refractivity contribution >= 4 is 23.1 Å². The fraction of sp³-hybridized carbons (Fsp3) is 0.0435. The summed E-state index contributed by atoms with van der Waals surface area (Å²) >= 11 is 0. The normalized spacial score (nSPS) is 10.4. The van der Waals surface area contributed by atoms with Gasteiger partial charge in [-0.3, -0.25) is 0 Å². The smallest absolute Gasteiger partial charge is 0.229 e. The predicted octanol–water partition coefficient (Wildman–Crippen LogP) is 6.20. The van der Waals surface area contributed by atoms with E-state index in [1.165, 1.54) is 6.07 Å². The first-order chi connectivity index (χ1) is 14.2. The third kappa shape index (κ3) is 4.68. The molecule has 0 aliphatic heterocycles. The van der Waals surface area contributed by atoms with Crippen LogP contribution in [0.15, 0.2) is 84.9 Å². The fourth-order valence-corrected chi connectivity index (χ4v) is 2.78. The molecule has 3 aromatic carbocycles. The molecule has 4 rings (SSSR count). The first kappa shape index (κ1) is 18.4. The maximum absolute atomic E-state index is 13.9. The molecule has 0 radical (unpaired) electrons. The Labute approximate surface area is 168 Å². The van der Waals surface area contributed by atoms with Gasteiger partial charge in [0.05, 0.1) is 11.4 Å². The summed E-state index contributed by atoms with van der Waals surface area (Å²) in [6.07, 6.45) is 0. The minimum absolute atomic E-state index is 0.305. The Morgan fingerprint density at radius 2 is 1.45 bits per heavy atom. The van der Waals surface area contributed by atoms with Gasteiger partial charge < -0.3 is 15.4 Å². The SMILES string of the molecule is Cc1cc(Nc2ccccc2Oc2ccccc2)nc(Nc2ccccc2F)n1. The number of nitrogens with one attached hydrogen (secondary N) is 2. The van der Waals surface area contributed by atoms with Crippen LogP contribution in [0.4, 0.5) is 27.5 Å². The van der Waals surface area contributed by atoms with Crippen molar-refractivity contribution in [3.8, 4) is 11.5 Å². The van der Waals surface area contributed by atoms with E-state index in [1.54, 1.807) is 18.2 Å². The topological polar surface area (TPSA) is 59.1 Å². The summed E-state index contributed by atoms with van der Waals surface area (Å²) in [5.74, 6) is 1.91. The molecular weight excluding hydrogens is 367 g/mol. The standard InChI is InChI=1S/C23H19FN4O/c1-16-15-22(28-23(25-16)27-19-12-6-5-11-18(19)24)26-20-13-7-8-14-21(20)29-17-9-3-2-4-10-17/h2-15H,1H3,(H2,25,26,27,28). The van der Waals surface area contributed by atoms with Crippen molar-refractivity contribution in [2.24, 2.45) is 0 Å². The van der Waals surface area contributed by atoms with Gasteiger partial charge in [-0.1, -0.05) is 42.5 Å². The van der Waals surface area contributed by atoms with Crippen LogP contribution in [0.3, 0.4) is 0 Å². The number of aryl methyl sites for hydroxylation is 1. The highest BCUT2D eigenvalue weighted by Gasteiger charge is 2.09. The molecule has 4 aromatic rings. The van der Waals surface area contributed by atoms with E-state index >= 15 is 0 Å². The average molecular weight is 386 g/mol. The largest absolute Gasteiger partial charge is 0.455 e. The van der Waals surface area contributed by atoms with E-state index < -0.39 is 0 Å². The third-order valence-corrected chi connectivity index (χ3v) is 4.10. The summed E-state index contributed by atoms with van der Waals surface area (Å²) in [7, 11) is 0. The monoisotopic (exact) mass is 386 g/mol. The lowest BCUT2D eigenvalue weighted by molar-refractivity contribution is 0.485. The molecule has 0 aliphatic carbocycles. The maximum Gasteiger partial charge on any atom is 0.229 e. The van der Waals surface area contributed by atoms with Gasteiger partial charge in [0.1, 0.15) is 17.4 Å². The first-order valence-electron chi connectivity index (χ1n) is 9.13. The second-order valence-electron chi connectivity index (χ2n) is 6.36. The zero-order chi connectivity index (χ0) is 20.1. The van der Waals surface area contributed by atoms with Crippen molar-refractivity contribution in [3.05, 3.63) is 96.4 Å². The molecule has 0 fully saturated rings. The summed E-state index contributed by atoms with van der Waals surface area (Å²) in [5.41, 5.74) is 1.81. The molecule has 0 bridgehead atoms. The van der Waals surface area contributed by atoms with Crippen molar-refractivity contribution in [2.75, 3.05) is 10.6 Å².